The van der Waals surface area contributed by atoms with Gasteiger partial charge in [-0.2, -0.15) is 0 Å². The Hall–Kier alpha value is -0.650. The zero-order chi connectivity index (χ0) is 12.0. The predicted molar refractivity (Wildman–Crippen MR) is 61.4 cm³/mol. The van der Waals surface area contributed by atoms with Gasteiger partial charge in [0.25, 0.3) is 0 Å². The van der Waals surface area contributed by atoms with Crippen molar-refractivity contribution in [2.75, 3.05) is 46.5 Å². The molecule has 0 aromatic heterocycles. The van der Waals surface area contributed by atoms with E-state index in [2.05, 4.69) is 5.32 Å². The van der Waals surface area contributed by atoms with Crippen molar-refractivity contribution in [2.24, 2.45) is 0 Å². The van der Waals surface area contributed by atoms with Crippen molar-refractivity contribution in [1.29, 1.82) is 0 Å². The molecule has 1 rings (SSSR count). The molecule has 16 heavy (non-hydrogen) atoms. The summed E-state index contributed by atoms with van der Waals surface area (Å²) in [5.74, 6) is 0.132. The number of amides is 1. The molecule has 0 aromatic rings. The normalized spacial score (nSPS) is 19.8. The highest BCUT2D eigenvalue weighted by Crippen LogP contribution is 2.15. The van der Waals surface area contributed by atoms with Gasteiger partial charge in [-0.3, -0.25) is 4.79 Å². The Kier molecular flexibility index (Phi) is 5.18. The van der Waals surface area contributed by atoms with E-state index in [1.165, 1.54) is 0 Å². The summed E-state index contributed by atoms with van der Waals surface area (Å²) < 4.78 is 10.4. The van der Waals surface area contributed by atoms with Crippen LogP contribution in [0.4, 0.5) is 0 Å². The molecule has 5 heteroatoms. The van der Waals surface area contributed by atoms with Gasteiger partial charge in [0, 0.05) is 26.7 Å². The highest BCUT2D eigenvalue weighted by molar-refractivity contribution is 5.78. The number of carbonyl (C=O) groups is 1. The van der Waals surface area contributed by atoms with Gasteiger partial charge in [0.05, 0.1) is 25.4 Å². The molecule has 0 saturated carbocycles. The van der Waals surface area contributed by atoms with Crippen molar-refractivity contribution in [1.82, 2.24) is 10.2 Å². The Balaban J connectivity index is 2.25. The summed E-state index contributed by atoms with van der Waals surface area (Å²) in [6.07, 6.45) is 0. The number of nitrogens with zero attached hydrogens (tertiary/aromatic N) is 1. The smallest absolute Gasteiger partial charge is 0.236 e. The van der Waals surface area contributed by atoms with Crippen LogP contribution < -0.4 is 5.32 Å². The molecule has 1 aliphatic rings. The molecule has 0 bridgehead atoms. The molecule has 0 aromatic carbocycles. The number of rotatable bonds is 5. The standard InChI is InChI=1S/C11H22N2O3/c1-11(2)9-13(5-7-16-11)10(14)8-12-4-6-15-3/h12H,4-9H2,1-3H3. The monoisotopic (exact) mass is 230 g/mol. The molecule has 0 unspecified atom stereocenters. The van der Waals surface area contributed by atoms with Gasteiger partial charge in [0.1, 0.15) is 0 Å². The molecule has 1 saturated heterocycles. The summed E-state index contributed by atoms with van der Waals surface area (Å²) in [6, 6.07) is 0. The zero-order valence-corrected chi connectivity index (χ0v) is 10.4. The first-order valence-electron chi connectivity index (χ1n) is 5.66. The van der Waals surface area contributed by atoms with E-state index in [1.54, 1.807) is 7.11 Å². The predicted octanol–water partition coefficient (Wildman–Crippen LogP) is -0.140. The van der Waals surface area contributed by atoms with Gasteiger partial charge >= 0.3 is 0 Å². The van der Waals surface area contributed by atoms with Crippen molar-refractivity contribution in [3.8, 4) is 0 Å². The van der Waals surface area contributed by atoms with Crippen LogP contribution in [0, 0.1) is 0 Å². The average Bonchev–Trinajstić information content (AvgIpc) is 2.22. The van der Waals surface area contributed by atoms with E-state index in [0.717, 1.165) is 0 Å². The molecule has 1 heterocycles. The van der Waals surface area contributed by atoms with Gasteiger partial charge in [-0.25, -0.2) is 0 Å². The first kappa shape index (κ1) is 13.4. The second kappa shape index (κ2) is 6.18. The van der Waals surface area contributed by atoms with Crippen LogP contribution >= 0.6 is 0 Å². The maximum Gasteiger partial charge on any atom is 0.236 e. The highest BCUT2D eigenvalue weighted by atomic mass is 16.5. The molecule has 0 spiro atoms. The number of nitrogens with one attached hydrogen (secondary N) is 1. The van der Waals surface area contributed by atoms with Gasteiger partial charge in [-0.15, -0.1) is 0 Å². The van der Waals surface area contributed by atoms with Crippen LogP contribution in [0.2, 0.25) is 0 Å². The third-order valence-electron chi connectivity index (χ3n) is 2.54. The van der Waals surface area contributed by atoms with E-state index < -0.39 is 0 Å². The van der Waals surface area contributed by atoms with Crippen molar-refractivity contribution in [3.05, 3.63) is 0 Å². The summed E-state index contributed by atoms with van der Waals surface area (Å²) in [4.78, 5) is 13.7. The van der Waals surface area contributed by atoms with Gasteiger partial charge in [-0.1, -0.05) is 0 Å². The second-order valence-corrected chi connectivity index (χ2v) is 4.59. The molecule has 0 radical (unpaired) electrons. The fourth-order valence-electron chi connectivity index (χ4n) is 1.71. The molecule has 94 valence electrons. The molecular formula is C11H22N2O3. The fraction of sp³-hybridized carbons (Fsp3) is 0.909. The van der Waals surface area contributed by atoms with Crippen LogP contribution in [-0.2, 0) is 14.3 Å². The Bertz CT molecular complexity index is 231. The van der Waals surface area contributed by atoms with Gasteiger partial charge in [0.2, 0.25) is 5.91 Å². The quantitative estimate of drug-likeness (QED) is 0.668. The zero-order valence-electron chi connectivity index (χ0n) is 10.4. The lowest BCUT2D eigenvalue weighted by Crippen LogP contribution is -2.52. The first-order valence-corrected chi connectivity index (χ1v) is 5.66. The Morgan fingerprint density at radius 2 is 2.31 bits per heavy atom. The lowest BCUT2D eigenvalue weighted by Gasteiger charge is -2.38. The second-order valence-electron chi connectivity index (χ2n) is 4.59. The van der Waals surface area contributed by atoms with Crippen LogP contribution in [0.3, 0.4) is 0 Å². The Labute approximate surface area is 97.1 Å². The number of hydrogen-bond acceptors (Lipinski definition) is 4. The summed E-state index contributed by atoms with van der Waals surface area (Å²) in [7, 11) is 1.65. The van der Waals surface area contributed by atoms with Crippen molar-refractivity contribution in [3.63, 3.8) is 0 Å². The molecule has 5 nitrogen and oxygen atoms in total. The van der Waals surface area contributed by atoms with Crippen LogP contribution in [0.15, 0.2) is 0 Å². The number of morpholine rings is 1. The van der Waals surface area contributed by atoms with Crippen LogP contribution in [0.1, 0.15) is 13.8 Å². The van der Waals surface area contributed by atoms with Crippen molar-refractivity contribution >= 4 is 5.91 Å². The topological polar surface area (TPSA) is 50.8 Å². The van der Waals surface area contributed by atoms with Gasteiger partial charge < -0.3 is 19.7 Å². The summed E-state index contributed by atoms with van der Waals surface area (Å²) in [6.45, 7) is 7.69. The van der Waals surface area contributed by atoms with E-state index >= 15 is 0 Å². The van der Waals surface area contributed by atoms with E-state index in [9.17, 15) is 4.79 Å². The minimum Gasteiger partial charge on any atom is -0.383 e. The summed E-state index contributed by atoms with van der Waals surface area (Å²) >= 11 is 0. The number of ether oxygens (including phenoxy) is 2. The fourth-order valence-corrected chi connectivity index (χ4v) is 1.71. The molecule has 0 aliphatic carbocycles. The van der Waals surface area contributed by atoms with Crippen LogP contribution in [-0.4, -0.2) is 62.9 Å². The van der Waals surface area contributed by atoms with Crippen LogP contribution in [0.25, 0.3) is 0 Å². The maximum absolute atomic E-state index is 11.8. The Morgan fingerprint density at radius 3 is 2.94 bits per heavy atom. The lowest BCUT2D eigenvalue weighted by atomic mass is 10.1. The molecule has 1 N–H and O–H groups in total. The average molecular weight is 230 g/mol. The molecular weight excluding hydrogens is 208 g/mol. The lowest BCUT2D eigenvalue weighted by molar-refractivity contribution is -0.145. The molecule has 0 atom stereocenters. The number of methoxy groups -OCH3 is 1. The van der Waals surface area contributed by atoms with E-state index in [1.807, 2.05) is 18.7 Å². The highest BCUT2D eigenvalue weighted by Gasteiger charge is 2.29. The SMILES string of the molecule is COCCNCC(=O)N1CCOC(C)(C)C1. The van der Waals surface area contributed by atoms with Crippen LogP contribution in [0.5, 0.6) is 0 Å². The third-order valence-corrected chi connectivity index (χ3v) is 2.54. The molecule has 1 fully saturated rings. The molecule has 1 aliphatic heterocycles. The number of hydrogen-bond donors (Lipinski definition) is 1. The van der Waals surface area contributed by atoms with Crippen molar-refractivity contribution < 1.29 is 14.3 Å². The maximum atomic E-state index is 11.8. The Morgan fingerprint density at radius 1 is 1.56 bits per heavy atom. The van der Waals surface area contributed by atoms with Gasteiger partial charge in [0.15, 0.2) is 0 Å². The summed E-state index contributed by atoms with van der Waals surface area (Å²) in [5, 5.41) is 3.05. The minimum absolute atomic E-state index is 0.132. The largest absolute Gasteiger partial charge is 0.383 e. The van der Waals surface area contributed by atoms with E-state index in [4.69, 9.17) is 9.47 Å². The van der Waals surface area contributed by atoms with E-state index in [0.29, 0.717) is 39.4 Å². The first-order chi connectivity index (χ1) is 7.55. The van der Waals surface area contributed by atoms with Gasteiger partial charge in [-0.05, 0) is 13.8 Å². The summed E-state index contributed by atoms with van der Waals surface area (Å²) in [5.41, 5.74) is -0.222. The minimum atomic E-state index is -0.222. The van der Waals surface area contributed by atoms with E-state index in [-0.39, 0.29) is 11.5 Å². The third kappa shape index (κ3) is 4.47. The van der Waals surface area contributed by atoms with Crippen molar-refractivity contribution in [2.45, 2.75) is 19.4 Å². The molecule has 1 amide bonds. The number of carbonyl (C=O) groups excluding carboxylic acids is 1.